The van der Waals surface area contributed by atoms with Crippen molar-refractivity contribution in [2.75, 3.05) is 0 Å². The summed E-state index contributed by atoms with van der Waals surface area (Å²) in [5, 5.41) is 21.1. The zero-order valence-corrected chi connectivity index (χ0v) is 13.3. The van der Waals surface area contributed by atoms with Gasteiger partial charge in [0.15, 0.2) is 11.5 Å². The van der Waals surface area contributed by atoms with Crippen LogP contribution in [0.5, 0.6) is 11.5 Å². The van der Waals surface area contributed by atoms with E-state index in [4.69, 9.17) is 0 Å². The lowest BCUT2D eigenvalue weighted by Gasteiger charge is -2.26. The normalized spacial score (nSPS) is 15.7. The summed E-state index contributed by atoms with van der Waals surface area (Å²) in [6.07, 6.45) is 0. The third-order valence-corrected chi connectivity index (χ3v) is 4.60. The van der Waals surface area contributed by atoms with Gasteiger partial charge in [0, 0.05) is 16.5 Å². The Balaban J connectivity index is 2.42. The summed E-state index contributed by atoms with van der Waals surface area (Å²) in [4.78, 5) is 0. The van der Waals surface area contributed by atoms with Crippen LogP contribution in [0.3, 0.4) is 0 Å². The van der Waals surface area contributed by atoms with E-state index in [2.05, 4.69) is 26.0 Å². The lowest BCUT2D eigenvalue weighted by Crippen LogP contribution is -2.17. The molecule has 0 fully saturated rings. The van der Waals surface area contributed by atoms with Crippen LogP contribution in [0, 0.1) is 0 Å². The average molecular weight is 282 g/mol. The van der Waals surface area contributed by atoms with E-state index in [-0.39, 0.29) is 22.3 Å². The summed E-state index contributed by atoms with van der Waals surface area (Å²) < 4.78 is 0. The van der Waals surface area contributed by atoms with E-state index < -0.39 is 0 Å². The summed E-state index contributed by atoms with van der Waals surface area (Å²) in [6.45, 7) is 10.3. The van der Waals surface area contributed by atoms with E-state index in [0.717, 1.165) is 22.3 Å². The van der Waals surface area contributed by atoms with Gasteiger partial charge in [0.1, 0.15) is 0 Å². The molecule has 3 rings (SSSR count). The Morgan fingerprint density at radius 2 is 1.52 bits per heavy atom. The highest BCUT2D eigenvalue weighted by Gasteiger charge is 2.40. The van der Waals surface area contributed by atoms with Crippen LogP contribution < -0.4 is 0 Å². The number of rotatable bonds is 0. The maximum atomic E-state index is 10.6. The van der Waals surface area contributed by atoms with Gasteiger partial charge >= 0.3 is 0 Å². The highest BCUT2D eigenvalue weighted by molar-refractivity contribution is 5.85. The fraction of sp³-hybridized carbons (Fsp3) is 0.368. The summed E-state index contributed by atoms with van der Waals surface area (Å²) >= 11 is 0. The second kappa shape index (κ2) is 4.03. The fourth-order valence-electron chi connectivity index (χ4n) is 3.47. The zero-order chi connectivity index (χ0) is 15.6. The summed E-state index contributed by atoms with van der Waals surface area (Å²) in [6, 6.07) is 10.3. The molecule has 2 nitrogen and oxygen atoms in total. The van der Waals surface area contributed by atoms with Crippen molar-refractivity contribution in [3.63, 3.8) is 0 Å². The molecule has 0 saturated heterocycles. The minimum atomic E-state index is -0.302. The van der Waals surface area contributed by atoms with Crippen LogP contribution in [0.4, 0.5) is 0 Å². The molecule has 2 aromatic rings. The second-order valence-corrected chi connectivity index (χ2v) is 7.46. The second-order valence-electron chi connectivity index (χ2n) is 7.46. The first-order valence-electron chi connectivity index (χ1n) is 7.35. The van der Waals surface area contributed by atoms with Crippen molar-refractivity contribution in [1.82, 2.24) is 0 Å². The van der Waals surface area contributed by atoms with Gasteiger partial charge in [-0.1, -0.05) is 58.9 Å². The summed E-state index contributed by atoms with van der Waals surface area (Å²) in [7, 11) is 0. The van der Waals surface area contributed by atoms with Crippen molar-refractivity contribution >= 4 is 0 Å². The van der Waals surface area contributed by atoms with E-state index in [1.165, 1.54) is 5.56 Å². The first-order valence-corrected chi connectivity index (χ1v) is 7.35. The van der Waals surface area contributed by atoms with Crippen LogP contribution in [0.1, 0.15) is 51.3 Å². The largest absolute Gasteiger partial charge is 0.504 e. The van der Waals surface area contributed by atoms with Crippen LogP contribution in [-0.4, -0.2) is 10.2 Å². The standard InChI is InChI=1S/C19H22O2/c1-18(2,3)14-10-12-11-8-6-7-9-13(11)19(4,5)15(12)17(21)16(14)20/h6-10,20-21H,1-5H3. The van der Waals surface area contributed by atoms with E-state index in [9.17, 15) is 10.2 Å². The molecule has 0 spiro atoms. The smallest absolute Gasteiger partial charge is 0.162 e. The molecule has 1 aliphatic carbocycles. The first kappa shape index (κ1) is 14.0. The van der Waals surface area contributed by atoms with Crippen LogP contribution >= 0.6 is 0 Å². The topological polar surface area (TPSA) is 40.5 Å². The minimum Gasteiger partial charge on any atom is -0.504 e. The highest BCUT2D eigenvalue weighted by Crippen LogP contribution is 2.56. The molecule has 110 valence electrons. The maximum absolute atomic E-state index is 10.6. The molecule has 0 saturated carbocycles. The van der Waals surface area contributed by atoms with Crippen LogP contribution in [0.15, 0.2) is 30.3 Å². The monoisotopic (exact) mass is 282 g/mol. The van der Waals surface area contributed by atoms with Crippen LogP contribution in [0.25, 0.3) is 11.1 Å². The number of benzene rings is 2. The van der Waals surface area contributed by atoms with Crippen LogP contribution in [0.2, 0.25) is 0 Å². The van der Waals surface area contributed by atoms with E-state index in [1.54, 1.807) is 0 Å². The Kier molecular flexibility index (Phi) is 2.69. The molecular weight excluding hydrogens is 260 g/mol. The van der Waals surface area contributed by atoms with Crippen molar-refractivity contribution in [3.8, 4) is 22.6 Å². The summed E-state index contributed by atoms with van der Waals surface area (Å²) in [5.74, 6) is 0.0424. The predicted octanol–water partition coefficient (Wildman–Crippen LogP) is 4.70. The number of aromatic hydroxyl groups is 2. The number of hydrogen-bond acceptors (Lipinski definition) is 2. The highest BCUT2D eigenvalue weighted by atomic mass is 16.3. The molecule has 0 radical (unpaired) electrons. The van der Waals surface area contributed by atoms with Gasteiger partial charge in [0.05, 0.1) is 0 Å². The zero-order valence-electron chi connectivity index (χ0n) is 13.3. The molecule has 0 heterocycles. The predicted molar refractivity (Wildman–Crippen MR) is 86.0 cm³/mol. The van der Waals surface area contributed by atoms with E-state index in [0.29, 0.717) is 0 Å². The number of hydrogen-bond donors (Lipinski definition) is 2. The van der Waals surface area contributed by atoms with Gasteiger partial charge in [0.2, 0.25) is 0 Å². The van der Waals surface area contributed by atoms with Crippen molar-refractivity contribution in [3.05, 3.63) is 47.0 Å². The molecule has 0 aromatic heterocycles. The quantitative estimate of drug-likeness (QED) is 0.687. The van der Waals surface area contributed by atoms with Crippen LogP contribution in [-0.2, 0) is 10.8 Å². The molecule has 2 heteroatoms. The molecule has 0 aliphatic heterocycles. The number of fused-ring (bicyclic) bond motifs is 3. The van der Waals surface area contributed by atoms with Gasteiger partial charge < -0.3 is 10.2 Å². The molecule has 1 aliphatic rings. The van der Waals surface area contributed by atoms with E-state index >= 15 is 0 Å². The molecule has 2 aromatic carbocycles. The lowest BCUT2D eigenvalue weighted by molar-refractivity contribution is 0.380. The fourth-order valence-corrected chi connectivity index (χ4v) is 3.47. The minimum absolute atomic E-state index is 0.0159. The summed E-state index contributed by atoms with van der Waals surface area (Å²) in [5.41, 5.74) is 4.47. The molecule has 21 heavy (non-hydrogen) atoms. The number of phenols is 2. The Morgan fingerprint density at radius 3 is 2.14 bits per heavy atom. The van der Waals surface area contributed by atoms with Gasteiger partial charge in [-0.05, 0) is 28.2 Å². The maximum Gasteiger partial charge on any atom is 0.162 e. The van der Waals surface area contributed by atoms with Crippen molar-refractivity contribution in [2.45, 2.75) is 45.4 Å². The van der Waals surface area contributed by atoms with Crippen molar-refractivity contribution in [1.29, 1.82) is 0 Å². The number of phenolic OH excluding ortho intramolecular Hbond substituents is 2. The van der Waals surface area contributed by atoms with Gasteiger partial charge in [-0.3, -0.25) is 0 Å². The third-order valence-electron chi connectivity index (χ3n) is 4.60. The van der Waals surface area contributed by atoms with Gasteiger partial charge in [-0.25, -0.2) is 0 Å². The lowest BCUT2D eigenvalue weighted by atomic mass is 9.79. The average Bonchev–Trinajstić information content (AvgIpc) is 2.62. The van der Waals surface area contributed by atoms with Crippen molar-refractivity contribution in [2.24, 2.45) is 0 Å². The molecule has 0 bridgehead atoms. The Hall–Kier alpha value is -1.96. The van der Waals surface area contributed by atoms with E-state index in [1.807, 2.05) is 39.0 Å². The first-order chi connectivity index (χ1) is 9.65. The molecule has 0 amide bonds. The van der Waals surface area contributed by atoms with Gasteiger partial charge in [-0.15, -0.1) is 0 Å². The van der Waals surface area contributed by atoms with Crippen molar-refractivity contribution < 1.29 is 10.2 Å². The Morgan fingerprint density at radius 1 is 0.905 bits per heavy atom. The molecule has 0 unspecified atom stereocenters. The molecule has 0 atom stereocenters. The Labute approximate surface area is 126 Å². The Bertz CT molecular complexity index is 734. The SMILES string of the molecule is CC(C)(C)c1cc2c(c(O)c1O)C(C)(C)c1ccccc1-2. The third kappa shape index (κ3) is 1.78. The van der Waals surface area contributed by atoms with Gasteiger partial charge in [0.25, 0.3) is 0 Å². The van der Waals surface area contributed by atoms with Gasteiger partial charge in [-0.2, -0.15) is 0 Å². The molecular formula is C19H22O2. The molecule has 2 N–H and O–H groups in total.